The fraction of sp³-hybridized carbons (Fsp3) is 0.917. The lowest BCUT2D eigenvalue weighted by atomic mass is 9.68. The number of nitrogens with two attached hydrogens (primary N) is 1. The summed E-state index contributed by atoms with van der Waals surface area (Å²) in [5.74, 6) is 0.480. The van der Waals surface area contributed by atoms with Crippen molar-refractivity contribution < 1.29 is 4.79 Å². The number of carbonyl (C=O) groups excluding carboxylic acids is 1. The maximum atomic E-state index is 11.5. The van der Waals surface area contributed by atoms with Gasteiger partial charge in [-0.1, -0.05) is 40.0 Å². The first-order chi connectivity index (χ1) is 6.43. The van der Waals surface area contributed by atoms with E-state index in [1.807, 2.05) is 0 Å². The van der Waals surface area contributed by atoms with Gasteiger partial charge in [-0.05, 0) is 24.2 Å². The Labute approximate surface area is 87.2 Å². The Kier molecular flexibility index (Phi) is 3.57. The van der Waals surface area contributed by atoms with Crippen LogP contribution in [-0.4, -0.2) is 5.91 Å². The molecule has 1 aliphatic carbocycles. The molecule has 2 nitrogen and oxygen atoms in total. The Balaban J connectivity index is 2.71. The average Bonchev–Trinajstić information content (AvgIpc) is 2.02. The highest BCUT2D eigenvalue weighted by atomic mass is 16.1. The lowest BCUT2D eigenvalue weighted by Gasteiger charge is -2.36. The van der Waals surface area contributed by atoms with Gasteiger partial charge in [0, 0.05) is 5.92 Å². The average molecular weight is 197 g/mol. The molecule has 0 aromatic carbocycles. The lowest BCUT2D eigenvalue weighted by Crippen LogP contribution is -2.40. The van der Waals surface area contributed by atoms with E-state index >= 15 is 0 Å². The van der Waals surface area contributed by atoms with Crippen LogP contribution in [0.1, 0.15) is 52.9 Å². The van der Waals surface area contributed by atoms with Crippen molar-refractivity contribution in [2.24, 2.45) is 23.0 Å². The van der Waals surface area contributed by atoms with Crippen molar-refractivity contribution in [1.29, 1.82) is 0 Å². The van der Waals surface area contributed by atoms with E-state index in [2.05, 4.69) is 20.8 Å². The molecule has 2 heteroatoms. The molecule has 0 heterocycles. The summed E-state index contributed by atoms with van der Waals surface area (Å²) in [5, 5.41) is 0. The van der Waals surface area contributed by atoms with Gasteiger partial charge in [0.25, 0.3) is 0 Å². The van der Waals surface area contributed by atoms with Crippen LogP contribution in [-0.2, 0) is 4.79 Å². The first-order valence-corrected chi connectivity index (χ1v) is 5.72. The molecule has 1 rings (SSSR count). The maximum Gasteiger partial charge on any atom is 0.221 e. The van der Waals surface area contributed by atoms with E-state index in [1.165, 1.54) is 32.1 Å². The van der Waals surface area contributed by atoms with E-state index in [0.717, 1.165) is 0 Å². The van der Waals surface area contributed by atoms with E-state index in [4.69, 9.17) is 5.73 Å². The molecule has 1 unspecified atom stereocenters. The van der Waals surface area contributed by atoms with Crippen molar-refractivity contribution in [3.05, 3.63) is 0 Å². The molecule has 1 fully saturated rings. The minimum absolute atomic E-state index is 0.0217. The molecule has 0 spiro atoms. The van der Waals surface area contributed by atoms with Crippen LogP contribution in [0.4, 0.5) is 0 Å². The van der Waals surface area contributed by atoms with E-state index in [9.17, 15) is 4.79 Å². The number of primary amides is 1. The first kappa shape index (κ1) is 11.5. The quantitative estimate of drug-likeness (QED) is 0.726. The predicted octanol–water partition coefficient (Wildman–Crippen LogP) is 2.71. The van der Waals surface area contributed by atoms with Gasteiger partial charge in [-0.3, -0.25) is 4.79 Å². The van der Waals surface area contributed by atoms with Crippen LogP contribution in [0.25, 0.3) is 0 Å². The number of hydrogen-bond acceptors (Lipinski definition) is 1. The second-order valence-corrected chi connectivity index (χ2v) is 5.64. The molecule has 1 amide bonds. The van der Waals surface area contributed by atoms with Crippen LogP contribution in [0.5, 0.6) is 0 Å². The Morgan fingerprint density at radius 1 is 1.21 bits per heavy atom. The van der Waals surface area contributed by atoms with Crippen LogP contribution in [0.2, 0.25) is 0 Å². The smallest absolute Gasteiger partial charge is 0.221 e. The zero-order valence-electron chi connectivity index (χ0n) is 9.68. The second-order valence-electron chi connectivity index (χ2n) is 5.64. The van der Waals surface area contributed by atoms with Crippen LogP contribution in [0.15, 0.2) is 0 Å². The molecule has 14 heavy (non-hydrogen) atoms. The second kappa shape index (κ2) is 4.33. The summed E-state index contributed by atoms with van der Waals surface area (Å²) in [7, 11) is 0. The van der Waals surface area contributed by atoms with Crippen LogP contribution in [0.3, 0.4) is 0 Å². The van der Waals surface area contributed by atoms with Gasteiger partial charge in [0.15, 0.2) is 0 Å². The Morgan fingerprint density at radius 3 is 2.07 bits per heavy atom. The van der Waals surface area contributed by atoms with Gasteiger partial charge >= 0.3 is 0 Å². The Bertz CT molecular complexity index is 199. The standard InChI is InChI=1S/C12H23NO/c1-12(2,3)10(11(13)14)9-7-5-4-6-8-9/h9-10H,4-8H2,1-3H3,(H2,13,14). The van der Waals surface area contributed by atoms with Crippen LogP contribution in [0, 0.1) is 17.3 Å². The number of rotatable bonds is 2. The largest absolute Gasteiger partial charge is 0.369 e. The molecule has 2 N–H and O–H groups in total. The van der Waals surface area contributed by atoms with Gasteiger partial charge in [0.1, 0.15) is 0 Å². The molecule has 0 aromatic rings. The maximum absolute atomic E-state index is 11.5. The lowest BCUT2D eigenvalue weighted by molar-refractivity contribution is -0.128. The van der Waals surface area contributed by atoms with Crippen LogP contribution < -0.4 is 5.73 Å². The molecule has 82 valence electrons. The Hall–Kier alpha value is -0.530. The molecule has 1 saturated carbocycles. The first-order valence-electron chi connectivity index (χ1n) is 5.72. The van der Waals surface area contributed by atoms with E-state index in [0.29, 0.717) is 5.92 Å². The van der Waals surface area contributed by atoms with Crippen molar-refractivity contribution in [3.63, 3.8) is 0 Å². The molecule has 0 bridgehead atoms. The van der Waals surface area contributed by atoms with Gasteiger partial charge in [-0.2, -0.15) is 0 Å². The fourth-order valence-corrected chi connectivity index (χ4v) is 2.83. The SMILES string of the molecule is CC(C)(C)C(C(N)=O)C1CCCCC1. The Morgan fingerprint density at radius 2 is 1.71 bits per heavy atom. The summed E-state index contributed by atoms with van der Waals surface area (Å²) >= 11 is 0. The minimum Gasteiger partial charge on any atom is -0.369 e. The summed E-state index contributed by atoms with van der Waals surface area (Å²) in [5.41, 5.74) is 5.54. The summed E-state index contributed by atoms with van der Waals surface area (Å²) < 4.78 is 0. The highest BCUT2D eigenvalue weighted by molar-refractivity contribution is 5.77. The zero-order valence-corrected chi connectivity index (χ0v) is 9.68. The van der Waals surface area contributed by atoms with E-state index in [-0.39, 0.29) is 17.2 Å². The molecule has 0 aliphatic heterocycles. The van der Waals surface area contributed by atoms with Crippen molar-refractivity contribution in [2.45, 2.75) is 52.9 Å². The topological polar surface area (TPSA) is 43.1 Å². The minimum atomic E-state index is -0.107. The predicted molar refractivity (Wildman–Crippen MR) is 58.7 cm³/mol. The van der Waals surface area contributed by atoms with Gasteiger partial charge < -0.3 is 5.73 Å². The summed E-state index contributed by atoms with van der Waals surface area (Å²) in [6.45, 7) is 6.37. The fourth-order valence-electron chi connectivity index (χ4n) is 2.83. The number of amides is 1. The van der Waals surface area contributed by atoms with E-state index < -0.39 is 0 Å². The molecule has 0 saturated heterocycles. The van der Waals surface area contributed by atoms with Gasteiger partial charge in [-0.25, -0.2) is 0 Å². The van der Waals surface area contributed by atoms with Gasteiger partial charge in [-0.15, -0.1) is 0 Å². The third kappa shape index (κ3) is 2.73. The molecule has 1 aliphatic rings. The van der Waals surface area contributed by atoms with Crippen molar-refractivity contribution >= 4 is 5.91 Å². The molecular formula is C12H23NO. The summed E-state index contributed by atoms with van der Waals surface area (Å²) in [6.07, 6.45) is 6.23. The molecular weight excluding hydrogens is 174 g/mol. The van der Waals surface area contributed by atoms with Crippen molar-refractivity contribution in [2.75, 3.05) is 0 Å². The molecule has 0 aromatic heterocycles. The zero-order chi connectivity index (χ0) is 10.8. The van der Waals surface area contributed by atoms with E-state index in [1.54, 1.807) is 0 Å². The number of hydrogen-bond donors (Lipinski definition) is 1. The van der Waals surface area contributed by atoms with Crippen LogP contribution >= 0.6 is 0 Å². The molecule has 0 radical (unpaired) electrons. The summed E-state index contributed by atoms with van der Waals surface area (Å²) in [4.78, 5) is 11.5. The van der Waals surface area contributed by atoms with Crippen molar-refractivity contribution in [3.8, 4) is 0 Å². The van der Waals surface area contributed by atoms with Gasteiger partial charge in [0.2, 0.25) is 5.91 Å². The molecule has 1 atom stereocenters. The highest BCUT2D eigenvalue weighted by Crippen LogP contribution is 2.39. The normalized spacial score (nSPS) is 21.9. The third-order valence-electron chi connectivity index (χ3n) is 3.36. The van der Waals surface area contributed by atoms with Crippen molar-refractivity contribution in [1.82, 2.24) is 0 Å². The van der Waals surface area contributed by atoms with Gasteiger partial charge in [0.05, 0.1) is 0 Å². The number of carbonyl (C=O) groups is 1. The monoisotopic (exact) mass is 197 g/mol. The summed E-state index contributed by atoms with van der Waals surface area (Å²) in [6, 6.07) is 0. The highest BCUT2D eigenvalue weighted by Gasteiger charge is 2.36. The third-order valence-corrected chi connectivity index (χ3v) is 3.36.